The molecule has 2 aliphatic heterocycles. The highest BCUT2D eigenvalue weighted by atomic mass is 32.2. The van der Waals surface area contributed by atoms with E-state index >= 15 is 0 Å². The number of fused-ring (bicyclic) bond motifs is 2. The molecule has 13 nitrogen and oxygen atoms in total. The van der Waals surface area contributed by atoms with Gasteiger partial charge in [-0.15, -0.1) is 0 Å². The molecule has 6 rings (SSSR count). The van der Waals surface area contributed by atoms with Crippen LogP contribution in [-0.4, -0.2) is 40.9 Å². The average Bonchev–Trinajstić information content (AvgIpc) is 3.46. The third kappa shape index (κ3) is 6.07. The largest absolute Gasteiger partial charge is 0.325 e. The standard InChI is InChI=1S/C32H29N5O8S3/c1-32(2,3)18-6-4-17(5-7-18)24-25-26(29(40)36(28(25)39)20-10-12-21(13-11-20)37(42)43)46-30-27(24)47-31(41)35(30)16-23(38)34-19-8-14-22(15-9-19)48(33,44)45/h4-15,24-26H,16H2,1-3H3,(H,34,38)(H2,33,44,45)/t24-,25?,26?/m0/s1. The number of primary sulfonamides is 1. The molecule has 0 radical (unpaired) electrons. The Hall–Kier alpha value is -4.64. The van der Waals surface area contributed by atoms with E-state index in [-0.39, 0.29) is 27.4 Å². The van der Waals surface area contributed by atoms with Crippen molar-refractivity contribution in [3.8, 4) is 0 Å². The molecule has 48 heavy (non-hydrogen) atoms. The van der Waals surface area contributed by atoms with E-state index in [0.29, 0.717) is 9.90 Å². The van der Waals surface area contributed by atoms with Crippen molar-refractivity contribution in [2.24, 2.45) is 11.1 Å². The summed E-state index contributed by atoms with van der Waals surface area (Å²) < 4.78 is 24.4. The quantitative estimate of drug-likeness (QED) is 0.161. The van der Waals surface area contributed by atoms with Gasteiger partial charge in [-0.1, -0.05) is 68.1 Å². The minimum absolute atomic E-state index is 0.130. The maximum Gasteiger partial charge on any atom is 0.308 e. The molecule has 3 heterocycles. The summed E-state index contributed by atoms with van der Waals surface area (Å²) in [4.78, 5) is 66.3. The zero-order chi connectivity index (χ0) is 34.7. The number of non-ortho nitro benzene ring substituents is 1. The second-order valence-electron chi connectivity index (χ2n) is 12.4. The number of thioether (sulfide) groups is 1. The second kappa shape index (κ2) is 12.1. The Morgan fingerprint density at radius 2 is 1.58 bits per heavy atom. The number of aromatic nitrogens is 1. The molecule has 3 amide bonds. The van der Waals surface area contributed by atoms with Crippen molar-refractivity contribution in [1.29, 1.82) is 0 Å². The molecule has 2 unspecified atom stereocenters. The lowest BCUT2D eigenvalue weighted by molar-refractivity contribution is -0.384. The summed E-state index contributed by atoms with van der Waals surface area (Å²) in [6.45, 7) is 5.80. The Bertz CT molecular complexity index is 2140. The van der Waals surface area contributed by atoms with Crippen LogP contribution < -0.4 is 20.2 Å². The second-order valence-corrected chi connectivity index (χ2v) is 16.1. The highest BCUT2D eigenvalue weighted by Gasteiger charge is 2.57. The van der Waals surface area contributed by atoms with Crippen LogP contribution >= 0.6 is 23.1 Å². The van der Waals surface area contributed by atoms with Crippen molar-refractivity contribution in [3.63, 3.8) is 0 Å². The van der Waals surface area contributed by atoms with Gasteiger partial charge in [0.05, 0.1) is 26.5 Å². The molecule has 16 heteroatoms. The zero-order valence-corrected chi connectivity index (χ0v) is 28.2. The summed E-state index contributed by atoms with van der Waals surface area (Å²) in [5, 5.41) is 18.4. The van der Waals surface area contributed by atoms with Gasteiger partial charge in [0.1, 0.15) is 11.8 Å². The van der Waals surface area contributed by atoms with Crippen molar-refractivity contribution in [2.45, 2.75) is 53.8 Å². The molecule has 0 saturated carbocycles. The number of amides is 3. The van der Waals surface area contributed by atoms with Crippen molar-refractivity contribution in [1.82, 2.24) is 4.57 Å². The smallest absolute Gasteiger partial charge is 0.308 e. The third-order valence-electron chi connectivity index (χ3n) is 8.27. The van der Waals surface area contributed by atoms with E-state index in [1.807, 2.05) is 24.3 Å². The number of nitro groups is 1. The number of carbonyl (C=O) groups excluding carboxylic acids is 3. The maximum absolute atomic E-state index is 14.1. The van der Waals surface area contributed by atoms with Gasteiger partial charge in [-0.25, -0.2) is 18.5 Å². The SMILES string of the molecule is CC(C)(C)c1ccc([C@@H]2c3sc(=O)n(CC(=O)Nc4ccc(S(N)(=O)=O)cc4)c3SC3C(=O)N(c4ccc([N+](=O)[O-])cc4)C(=O)C32)cc1. The van der Waals surface area contributed by atoms with Gasteiger partial charge in [-0.2, -0.15) is 0 Å². The van der Waals surface area contributed by atoms with Crippen LogP contribution in [0.1, 0.15) is 42.7 Å². The number of thiazole rings is 1. The van der Waals surface area contributed by atoms with E-state index in [1.165, 1.54) is 53.1 Å². The van der Waals surface area contributed by atoms with E-state index in [4.69, 9.17) is 5.14 Å². The van der Waals surface area contributed by atoms with E-state index < -0.39 is 61.2 Å². The first kappa shape index (κ1) is 33.3. The van der Waals surface area contributed by atoms with E-state index in [9.17, 15) is 37.7 Å². The van der Waals surface area contributed by atoms with Crippen molar-refractivity contribution >= 4 is 67.9 Å². The van der Waals surface area contributed by atoms with Crippen molar-refractivity contribution < 1.29 is 27.7 Å². The van der Waals surface area contributed by atoms with Crippen LogP contribution in [0.25, 0.3) is 0 Å². The van der Waals surface area contributed by atoms with Crippen molar-refractivity contribution in [2.75, 3.05) is 10.2 Å². The fraction of sp³-hybridized carbons (Fsp3) is 0.250. The molecule has 1 saturated heterocycles. The molecule has 3 N–H and O–H groups in total. The summed E-state index contributed by atoms with van der Waals surface area (Å²) in [5.41, 5.74) is 1.91. The lowest BCUT2D eigenvalue weighted by Crippen LogP contribution is -2.33. The van der Waals surface area contributed by atoms with Crippen LogP contribution in [0.5, 0.6) is 0 Å². The fourth-order valence-corrected chi connectivity index (χ4v) is 9.14. The highest BCUT2D eigenvalue weighted by molar-refractivity contribution is 8.00. The average molecular weight is 708 g/mol. The van der Waals surface area contributed by atoms with Gasteiger partial charge in [0, 0.05) is 28.6 Å². The first-order valence-corrected chi connectivity index (χ1v) is 17.8. The number of rotatable bonds is 7. The molecular formula is C32H29N5O8S3. The number of nitrogens with one attached hydrogen (secondary N) is 1. The number of anilines is 2. The topological polar surface area (TPSA) is 192 Å². The Kier molecular flexibility index (Phi) is 8.39. The zero-order valence-electron chi connectivity index (χ0n) is 25.8. The number of nitro benzene ring substituents is 1. The third-order valence-corrected chi connectivity index (χ3v) is 11.8. The van der Waals surface area contributed by atoms with Crippen molar-refractivity contribution in [3.05, 3.63) is 109 Å². The Labute approximate surface area is 283 Å². The number of hydrogen-bond acceptors (Lipinski definition) is 10. The van der Waals surface area contributed by atoms with Gasteiger partial charge in [0.2, 0.25) is 27.7 Å². The predicted octanol–water partition coefficient (Wildman–Crippen LogP) is 4.20. The predicted molar refractivity (Wildman–Crippen MR) is 181 cm³/mol. The number of imide groups is 1. The maximum atomic E-state index is 14.1. The first-order valence-electron chi connectivity index (χ1n) is 14.6. The molecule has 4 aromatic rings. The Morgan fingerprint density at radius 1 is 0.958 bits per heavy atom. The summed E-state index contributed by atoms with van der Waals surface area (Å²) in [6.07, 6.45) is 0. The Balaban J connectivity index is 1.38. The van der Waals surface area contributed by atoms with E-state index in [0.717, 1.165) is 39.1 Å². The number of carbonyl (C=O) groups is 3. The van der Waals surface area contributed by atoms with Gasteiger partial charge in [0.15, 0.2) is 0 Å². The highest BCUT2D eigenvalue weighted by Crippen LogP contribution is 2.54. The number of sulfonamides is 1. The van der Waals surface area contributed by atoms with E-state index in [1.54, 1.807) is 0 Å². The van der Waals surface area contributed by atoms with Crippen LogP contribution in [-0.2, 0) is 36.4 Å². The van der Waals surface area contributed by atoms with Gasteiger partial charge >= 0.3 is 4.87 Å². The van der Waals surface area contributed by atoms with Gasteiger partial charge in [-0.3, -0.25) is 33.9 Å². The van der Waals surface area contributed by atoms with E-state index in [2.05, 4.69) is 26.1 Å². The normalized spacial score (nSPS) is 19.2. The summed E-state index contributed by atoms with van der Waals surface area (Å²) in [5.74, 6) is -3.17. The molecule has 0 aliphatic carbocycles. The lowest BCUT2D eigenvalue weighted by atomic mass is 9.81. The fourth-order valence-electron chi connectivity index (χ4n) is 5.85. The molecule has 248 valence electrons. The number of benzene rings is 3. The van der Waals surface area contributed by atoms with Crippen LogP contribution in [0, 0.1) is 16.0 Å². The minimum atomic E-state index is -3.93. The lowest BCUT2D eigenvalue weighted by Gasteiger charge is -2.31. The van der Waals surface area contributed by atoms with Gasteiger partial charge in [-0.05, 0) is 52.9 Å². The van der Waals surface area contributed by atoms with Gasteiger partial charge < -0.3 is 5.32 Å². The molecule has 2 aliphatic rings. The molecule has 1 fully saturated rings. The van der Waals surface area contributed by atoms with Crippen LogP contribution in [0.2, 0.25) is 0 Å². The summed E-state index contributed by atoms with van der Waals surface area (Å²) in [7, 11) is -3.93. The molecule has 1 aromatic heterocycles. The van der Waals surface area contributed by atoms with Gasteiger partial charge in [0.25, 0.3) is 5.69 Å². The molecule has 3 atom stereocenters. The molecule has 3 aromatic carbocycles. The minimum Gasteiger partial charge on any atom is -0.325 e. The summed E-state index contributed by atoms with van der Waals surface area (Å²) >= 11 is 1.95. The van der Waals surface area contributed by atoms with Crippen LogP contribution in [0.3, 0.4) is 0 Å². The molecular weight excluding hydrogens is 679 g/mol. The monoisotopic (exact) mass is 707 g/mol. The molecule has 0 spiro atoms. The number of hydrogen-bond donors (Lipinski definition) is 2. The Morgan fingerprint density at radius 3 is 2.15 bits per heavy atom. The van der Waals surface area contributed by atoms with Crippen LogP contribution in [0.15, 0.2) is 87.5 Å². The number of nitrogens with zero attached hydrogens (tertiary/aromatic N) is 3. The summed E-state index contributed by atoms with van der Waals surface area (Å²) in [6, 6.07) is 18.1. The number of nitrogens with two attached hydrogens (primary N) is 1. The molecule has 0 bridgehead atoms. The van der Waals surface area contributed by atoms with Crippen LogP contribution in [0.4, 0.5) is 17.1 Å². The first-order chi connectivity index (χ1) is 22.5.